The van der Waals surface area contributed by atoms with Crippen molar-refractivity contribution in [2.45, 2.75) is 43.4 Å². The summed E-state index contributed by atoms with van der Waals surface area (Å²) in [6.07, 6.45) is 0.662. The molecule has 2 fully saturated rings. The lowest BCUT2D eigenvalue weighted by molar-refractivity contribution is -0.143. The summed E-state index contributed by atoms with van der Waals surface area (Å²) in [5, 5.41) is 0. The van der Waals surface area contributed by atoms with E-state index in [9.17, 15) is 22.0 Å². The number of nitrogens with zero attached hydrogens (tertiary/aromatic N) is 1. The number of carbonyl (C=O) groups excluding carboxylic acids is 1. The van der Waals surface area contributed by atoms with Gasteiger partial charge in [0.25, 0.3) is 11.8 Å². The van der Waals surface area contributed by atoms with Crippen molar-refractivity contribution in [3.8, 4) is 11.1 Å². The van der Waals surface area contributed by atoms with E-state index in [1.807, 2.05) is 4.72 Å². The Bertz CT molecular complexity index is 1120. The number of hydrogen-bond donors (Lipinski definition) is 1. The van der Waals surface area contributed by atoms with Crippen LogP contribution >= 0.6 is 0 Å². The van der Waals surface area contributed by atoms with Crippen LogP contribution in [0.3, 0.4) is 0 Å². The lowest BCUT2D eigenvalue weighted by Gasteiger charge is -2.29. The fourth-order valence-corrected chi connectivity index (χ4v) is 5.32. The van der Waals surface area contributed by atoms with Crippen molar-refractivity contribution in [1.29, 1.82) is 0 Å². The Balaban J connectivity index is 1.71. The van der Waals surface area contributed by atoms with Gasteiger partial charge in [-0.2, -0.15) is 0 Å². The third-order valence-corrected chi connectivity index (χ3v) is 6.73. The summed E-state index contributed by atoms with van der Waals surface area (Å²) >= 11 is 0. The van der Waals surface area contributed by atoms with Crippen molar-refractivity contribution in [2.75, 3.05) is 19.4 Å². The van der Waals surface area contributed by atoms with Crippen LogP contribution in [-0.4, -0.2) is 62.7 Å². The van der Waals surface area contributed by atoms with Crippen molar-refractivity contribution in [1.82, 2.24) is 9.62 Å². The molecule has 6 nitrogen and oxygen atoms in total. The van der Waals surface area contributed by atoms with E-state index in [-0.39, 0.29) is 12.0 Å². The van der Waals surface area contributed by atoms with E-state index in [4.69, 9.17) is 4.74 Å². The van der Waals surface area contributed by atoms with Crippen molar-refractivity contribution >= 4 is 15.9 Å². The molecule has 1 N–H and O–H groups in total. The Morgan fingerprint density at radius 2 is 1.91 bits per heavy atom. The van der Waals surface area contributed by atoms with Crippen LogP contribution in [-0.2, 0) is 26.0 Å². The number of benzene rings is 2. The van der Waals surface area contributed by atoms with Gasteiger partial charge in [-0.05, 0) is 30.4 Å². The highest BCUT2D eigenvalue weighted by atomic mass is 32.2. The van der Waals surface area contributed by atoms with Gasteiger partial charge in [-0.3, -0.25) is 4.79 Å². The third kappa shape index (κ3) is 5.07. The Hall–Kier alpha value is -2.43. The molecule has 0 aromatic heterocycles. The minimum absolute atomic E-state index is 0.115. The van der Waals surface area contributed by atoms with Gasteiger partial charge in [-0.1, -0.05) is 48.5 Å². The molecule has 0 aliphatic carbocycles. The van der Waals surface area contributed by atoms with Gasteiger partial charge in [0.15, 0.2) is 0 Å². The second-order valence-corrected chi connectivity index (χ2v) is 10.3. The van der Waals surface area contributed by atoms with Crippen LogP contribution in [0.5, 0.6) is 0 Å². The van der Waals surface area contributed by atoms with Crippen LogP contribution in [0.4, 0.5) is 13.2 Å². The number of alkyl halides is 2. The number of sulfonamides is 1. The van der Waals surface area contributed by atoms with E-state index in [2.05, 4.69) is 0 Å². The van der Waals surface area contributed by atoms with Crippen LogP contribution < -0.4 is 4.72 Å². The van der Waals surface area contributed by atoms with E-state index in [0.717, 1.165) is 11.2 Å². The number of ether oxygens (including phenoxy) is 1. The quantitative estimate of drug-likeness (QED) is 0.687. The van der Waals surface area contributed by atoms with Crippen LogP contribution in [0.15, 0.2) is 48.5 Å². The normalized spacial score (nSPS) is 24.8. The second-order valence-electron chi connectivity index (χ2n) is 8.51. The summed E-state index contributed by atoms with van der Waals surface area (Å²) < 4.78 is 76.5. The predicted molar refractivity (Wildman–Crippen MR) is 117 cm³/mol. The molecule has 2 heterocycles. The highest BCUT2D eigenvalue weighted by Crippen LogP contribution is 2.37. The first-order chi connectivity index (χ1) is 15.6. The van der Waals surface area contributed by atoms with Crippen LogP contribution in [0, 0.1) is 5.82 Å². The van der Waals surface area contributed by atoms with Gasteiger partial charge in [0, 0.05) is 12.2 Å². The SMILES string of the molecule is CS(=O)(=O)N[C@@H]1[C@H](Cc2cccc(-c3ccccc3)c2F)N(C(=O)[C@H]2CCCO2)CC1(F)F. The number of nitrogens with one attached hydrogen (secondary N) is 1. The van der Waals surface area contributed by atoms with Gasteiger partial charge in [0.2, 0.25) is 10.0 Å². The average molecular weight is 483 g/mol. The molecule has 33 heavy (non-hydrogen) atoms. The maximum Gasteiger partial charge on any atom is 0.283 e. The Morgan fingerprint density at radius 3 is 2.55 bits per heavy atom. The van der Waals surface area contributed by atoms with Crippen molar-refractivity contribution in [2.24, 2.45) is 0 Å². The van der Waals surface area contributed by atoms with E-state index >= 15 is 4.39 Å². The first-order valence-corrected chi connectivity index (χ1v) is 12.6. The number of hydrogen-bond acceptors (Lipinski definition) is 4. The zero-order chi connectivity index (χ0) is 23.8. The monoisotopic (exact) mass is 482 g/mol. The highest BCUT2D eigenvalue weighted by Gasteiger charge is 2.57. The summed E-state index contributed by atoms with van der Waals surface area (Å²) in [5.74, 6) is -4.76. The van der Waals surface area contributed by atoms with Crippen molar-refractivity contribution in [3.05, 3.63) is 59.9 Å². The molecule has 3 atom stereocenters. The zero-order valence-electron chi connectivity index (χ0n) is 18.0. The highest BCUT2D eigenvalue weighted by molar-refractivity contribution is 7.88. The van der Waals surface area contributed by atoms with Gasteiger partial charge in [0.05, 0.1) is 18.8 Å². The summed E-state index contributed by atoms with van der Waals surface area (Å²) in [4.78, 5) is 14.0. The molecule has 2 aromatic rings. The first kappa shape index (κ1) is 23.7. The lowest BCUT2D eigenvalue weighted by Crippen LogP contribution is -2.53. The molecule has 2 aromatic carbocycles. The summed E-state index contributed by atoms with van der Waals surface area (Å²) in [6.45, 7) is -0.617. The largest absolute Gasteiger partial charge is 0.368 e. The molecule has 2 aliphatic rings. The molecule has 0 unspecified atom stereocenters. The average Bonchev–Trinajstić information content (AvgIpc) is 3.37. The van der Waals surface area contributed by atoms with E-state index < -0.39 is 52.4 Å². The minimum Gasteiger partial charge on any atom is -0.368 e. The molecule has 4 rings (SSSR count). The molecular weight excluding hydrogens is 457 g/mol. The Labute approximate surface area is 190 Å². The van der Waals surface area contributed by atoms with Crippen molar-refractivity contribution < 1.29 is 31.1 Å². The van der Waals surface area contributed by atoms with Gasteiger partial charge >= 0.3 is 0 Å². The molecule has 0 spiro atoms. The standard InChI is InChI=1S/C23H25F3N2O4S/c1-33(30,31)27-21-18(28(14-23(21,25)26)22(29)19-11-6-12-32-19)13-16-9-5-10-17(20(16)24)15-7-3-2-4-8-15/h2-5,7-10,18-19,21,27H,6,11-14H2,1H3/t18-,19+,21+/m0/s1. The molecule has 2 saturated heterocycles. The molecule has 0 radical (unpaired) electrons. The van der Waals surface area contributed by atoms with Crippen LogP contribution in [0.1, 0.15) is 18.4 Å². The first-order valence-electron chi connectivity index (χ1n) is 10.7. The molecule has 178 valence electrons. The summed E-state index contributed by atoms with van der Waals surface area (Å²) in [5.41, 5.74) is 1.03. The number of carbonyl (C=O) groups is 1. The van der Waals surface area contributed by atoms with Crippen molar-refractivity contribution in [3.63, 3.8) is 0 Å². The predicted octanol–water partition coefficient (Wildman–Crippen LogP) is 2.98. The van der Waals surface area contributed by atoms with Gasteiger partial charge < -0.3 is 9.64 Å². The minimum atomic E-state index is -4.03. The molecule has 2 aliphatic heterocycles. The van der Waals surface area contributed by atoms with Crippen LogP contribution in [0.25, 0.3) is 11.1 Å². The zero-order valence-corrected chi connectivity index (χ0v) is 18.8. The fourth-order valence-electron chi connectivity index (χ4n) is 4.53. The molecule has 10 heteroatoms. The molecule has 0 bridgehead atoms. The van der Waals surface area contributed by atoms with E-state index in [1.54, 1.807) is 42.5 Å². The second kappa shape index (κ2) is 9.08. The Kier molecular flexibility index (Phi) is 6.52. The maximum absolute atomic E-state index is 15.4. The van der Waals surface area contributed by atoms with E-state index in [0.29, 0.717) is 30.6 Å². The third-order valence-electron chi connectivity index (χ3n) is 6.04. The topological polar surface area (TPSA) is 75.7 Å². The number of halogens is 3. The summed E-state index contributed by atoms with van der Waals surface area (Å²) in [6, 6.07) is 10.2. The summed E-state index contributed by atoms with van der Waals surface area (Å²) in [7, 11) is -4.03. The number of amides is 1. The lowest BCUT2D eigenvalue weighted by atomic mass is 9.95. The van der Waals surface area contributed by atoms with E-state index in [1.165, 1.54) is 6.07 Å². The van der Waals surface area contributed by atoms with Gasteiger partial charge in [-0.25, -0.2) is 26.3 Å². The van der Waals surface area contributed by atoms with Gasteiger partial charge in [-0.15, -0.1) is 0 Å². The molecular formula is C23H25F3N2O4S. The maximum atomic E-state index is 15.4. The number of likely N-dealkylation sites (tertiary alicyclic amines) is 1. The van der Waals surface area contributed by atoms with Gasteiger partial charge in [0.1, 0.15) is 18.0 Å². The van der Waals surface area contributed by atoms with Crippen LogP contribution in [0.2, 0.25) is 0 Å². The smallest absolute Gasteiger partial charge is 0.283 e. The Morgan fingerprint density at radius 1 is 1.18 bits per heavy atom. The fraction of sp³-hybridized carbons (Fsp3) is 0.435. The number of rotatable bonds is 6. The molecule has 1 amide bonds. The molecule has 0 saturated carbocycles.